The molecule has 1 aromatic carbocycles. The Bertz CT molecular complexity index is 539. The molecule has 100 valence electrons. The quantitative estimate of drug-likeness (QED) is 0.792. The number of anilines is 1. The van der Waals surface area contributed by atoms with Crippen LogP contribution in [-0.4, -0.2) is 0 Å². The van der Waals surface area contributed by atoms with Gasteiger partial charge in [0.1, 0.15) is 0 Å². The highest BCUT2D eigenvalue weighted by atomic mass is 32.1. The highest BCUT2D eigenvalue weighted by Crippen LogP contribution is 2.35. The van der Waals surface area contributed by atoms with Crippen molar-refractivity contribution in [3.8, 4) is 0 Å². The van der Waals surface area contributed by atoms with Crippen LogP contribution in [0.5, 0.6) is 0 Å². The monoisotopic (exact) mass is 271 g/mol. The summed E-state index contributed by atoms with van der Waals surface area (Å²) in [6.45, 7) is 4.47. The third-order valence-electron chi connectivity index (χ3n) is 3.97. The minimum absolute atomic E-state index is 0.500. The number of fused-ring (bicyclic) bond motifs is 1. The maximum Gasteiger partial charge on any atom is 0.0524 e. The molecule has 0 aliphatic heterocycles. The van der Waals surface area contributed by atoms with E-state index in [0.717, 1.165) is 0 Å². The zero-order valence-electron chi connectivity index (χ0n) is 11.6. The van der Waals surface area contributed by atoms with Gasteiger partial charge in [0.15, 0.2) is 0 Å². The molecule has 0 saturated heterocycles. The average molecular weight is 271 g/mol. The molecule has 0 saturated carbocycles. The Morgan fingerprint density at radius 2 is 1.95 bits per heavy atom. The average Bonchev–Trinajstić information content (AvgIpc) is 2.89. The number of aryl methyl sites for hydroxylation is 1. The van der Waals surface area contributed by atoms with Gasteiger partial charge in [-0.2, -0.15) is 0 Å². The Hall–Kier alpha value is -1.28. The molecule has 1 N–H and O–H groups in total. The molecule has 3 rings (SSSR count). The Morgan fingerprint density at radius 3 is 2.68 bits per heavy atom. The smallest absolute Gasteiger partial charge is 0.0524 e. The van der Waals surface area contributed by atoms with Crippen molar-refractivity contribution in [2.24, 2.45) is 0 Å². The Labute approximate surface area is 119 Å². The maximum absolute atomic E-state index is 3.70. The highest BCUT2D eigenvalue weighted by Gasteiger charge is 2.20. The van der Waals surface area contributed by atoms with Crippen LogP contribution in [0.2, 0.25) is 0 Å². The summed E-state index contributed by atoms with van der Waals surface area (Å²) >= 11 is 1.91. The van der Waals surface area contributed by atoms with E-state index in [-0.39, 0.29) is 0 Å². The second-order valence-electron chi connectivity index (χ2n) is 5.66. The van der Waals surface area contributed by atoms with Gasteiger partial charge in [-0.3, -0.25) is 0 Å². The van der Waals surface area contributed by atoms with Gasteiger partial charge < -0.3 is 5.32 Å². The first-order valence-corrected chi connectivity index (χ1v) is 8.05. The zero-order valence-corrected chi connectivity index (χ0v) is 12.5. The molecule has 0 amide bonds. The van der Waals surface area contributed by atoms with Crippen LogP contribution in [0, 0.1) is 0 Å². The SMILES string of the molecule is CC(C)c1ccc(NC2CCCc3sccc32)cc1. The lowest BCUT2D eigenvalue weighted by molar-refractivity contribution is 0.609. The summed E-state index contributed by atoms with van der Waals surface area (Å²) in [4.78, 5) is 1.57. The zero-order chi connectivity index (χ0) is 13.2. The summed E-state index contributed by atoms with van der Waals surface area (Å²) in [5, 5.41) is 5.92. The standard InChI is InChI=1S/C17H21NS/c1-12(2)13-6-8-14(9-7-13)18-16-4-3-5-17-15(16)10-11-19-17/h6-12,16,18H,3-5H2,1-2H3. The predicted octanol–water partition coefficient (Wildman–Crippen LogP) is 5.36. The van der Waals surface area contributed by atoms with Gasteiger partial charge in [0.2, 0.25) is 0 Å². The Morgan fingerprint density at radius 1 is 1.16 bits per heavy atom. The van der Waals surface area contributed by atoms with Crippen molar-refractivity contribution in [1.29, 1.82) is 0 Å². The molecule has 1 aliphatic rings. The molecule has 1 aliphatic carbocycles. The summed E-state index contributed by atoms with van der Waals surface area (Å²) in [6.07, 6.45) is 3.81. The molecule has 2 aromatic rings. The van der Waals surface area contributed by atoms with E-state index >= 15 is 0 Å². The van der Waals surface area contributed by atoms with E-state index in [1.165, 1.54) is 36.1 Å². The molecule has 2 heteroatoms. The number of rotatable bonds is 3. The number of benzene rings is 1. The fraction of sp³-hybridized carbons (Fsp3) is 0.412. The van der Waals surface area contributed by atoms with Crippen LogP contribution >= 0.6 is 11.3 Å². The van der Waals surface area contributed by atoms with Crippen LogP contribution < -0.4 is 5.32 Å². The molecule has 0 radical (unpaired) electrons. The van der Waals surface area contributed by atoms with Crippen molar-refractivity contribution >= 4 is 17.0 Å². The highest BCUT2D eigenvalue weighted by molar-refractivity contribution is 7.10. The molecule has 0 fully saturated rings. The Balaban J connectivity index is 1.76. The van der Waals surface area contributed by atoms with Crippen molar-refractivity contribution in [2.75, 3.05) is 5.32 Å². The number of hydrogen-bond donors (Lipinski definition) is 1. The minimum atomic E-state index is 0.500. The lowest BCUT2D eigenvalue weighted by Gasteiger charge is -2.25. The molecule has 19 heavy (non-hydrogen) atoms. The maximum atomic E-state index is 3.70. The minimum Gasteiger partial charge on any atom is -0.378 e. The molecule has 0 bridgehead atoms. The number of nitrogens with one attached hydrogen (secondary N) is 1. The van der Waals surface area contributed by atoms with Crippen molar-refractivity contribution in [2.45, 2.75) is 45.1 Å². The molecule has 1 unspecified atom stereocenters. The normalized spacial score (nSPS) is 18.4. The van der Waals surface area contributed by atoms with Gasteiger partial charge in [0.05, 0.1) is 6.04 Å². The topological polar surface area (TPSA) is 12.0 Å². The van der Waals surface area contributed by atoms with Crippen LogP contribution in [0.1, 0.15) is 54.7 Å². The number of hydrogen-bond acceptors (Lipinski definition) is 2. The first kappa shape index (κ1) is 12.7. The van der Waals surface area contributed by atoms with Gasteiger partial charge in [0.25, 0.3) is 0 Å². The van der Waals surface area contributed by atoms with Crippen LogP contribution in [-0.2, 0) is 6.42 Å². The van der Waals surface area contributed by atoms with E-state index in [1.54, 1.807) is 4.88 Å². The van der Waals surface area contributed by atoms with E-state index in [2.05, 4.69) is 54.9 Å². The van der Waals surface area contributed by atoms with E-state index < -0.39 is 0 Å². The summed E-state index contributed by atoms with van der Waals surface area (Å²) in [7, 11) is 0. The second-order valence-corrected chi connectivity index (χ2v) is 6.67. The van der Waals surface area contributed by atoms with Crippen molar-refractivity contribution < 1.29 is 0 Å². The number of thiophene rings is 1. The van der Waals surface area contributed by atoms with Crippen molar-refractivity contribution in [1.82, 2.24) is 0 Å². The van der Waals surface area contributed by atoms with Crippen LogP contribution in [0.15, 0.2) is 35.7 Å². The van der Waals surface area contributed by atoms with Gasteiger partial charge in [-0.25, -0.2) is 0 Å². The van der Waals surface area contributed by atoms with Crippen LogP contribution in [0.25, 0.3) is 0 Å². The molecule has 0 spiro atoms. The van der Waals surface area contributed by atoms with E-state index in [4.69, 9.17) is 0 Å². The second kappa shape index (κ2) is 5.38. The molecular weight excluding hydrogens is 250 g/mol. The Kier molecular flexibility index (Phi) is 3.61. The van der Waals surface area contributed by atoms with Crippen LogP contribution in [0.4, 0.5) is 5.69 Å². The first-order valence-electron chi connectivity index (χ1n) is 7.17. The lowest BCUT2D eigenvalue weighted by Crippen LogP contribution is -2.15. The predicted molar refractivity (Wildman–Crippen MR) is 84.2 cm³/mol. The third-order valence-corrected chi connectivity index (χ3v) is 4.97. The van der Waals surface area contributed by atoms with E-state index in [0.29, 0.717) is 12.0 Å². The largest absolute Gasteiger partial charge is 0.378 e. The molecule has 1 heterocycles. The van der Waals surface area contributed by atoms with Crippen LogP contribution in [0.3, 0.4) is 0 Å². The van der Waals surface area contributed by atoms with Gasteiger partial charge in [-0.1, -0.05) is 26.0 Å². The summed E-state index contributed by atoms with van der Waals surface area (Å²) in [5.41, 5.74) is 4.17. The van der Waals surface area contributed by atoms with Crippen molar-refractivity contribution in [3.63, 3.8) is 0 Å². The molecule has 1 atom stereocenters. The summed E-state index contributed by atoms with van der Waals surface area (Å²) < 4.78 is 0. The molecule has 1 aromatic heterocycles. The van der Waals surface area contributed by atoms with Gasteiger partial charge >= 0.3 is 0 Å². The van der Waals surface area contributed by atoms with Crippen molar-refractivity contribution in [3.05, 3.63) is 51.7 Å². The summed E-state index contributed by atoms with van der Waals surface area (Å²) in [6, 6.07) is 11.7. The summed E-state index contributed by atoms with van der Waals surface area (Å²) in [5.74, 6) is 0.604. The van der Waals surface area contributed by atoms with Gasteiger partial charge in [-0.05, 0) is 59.9 Å². The van der Waals surface area contributed by atoms with E-state index in [9.17, 15) is 0 Å². The van der Waals surface area contributed by atoms with E-state index in [1.807, 2.05) is 11.3 Å². The third kappa shape index (κ3) is 2.69. The van der Waals surface area contributed by atoms with Gasteiger partial charge in [-0.15, -0.1) is 11.3 Å². The van der Waals surface area contributed by atoms with Gasteiger partial charge in [0, 0.05) is 10.6 Å². The fourth-order valence-corrected chi connectivity index (χ4v) is 3.79. The molecular formula is C17H21NS. The fourth-order valence-electron chi connectivity index (χ4n) is 2.80. The molecule has 1 nitrogen and oxygen atoms in total. The first-order chi connectivity index (χ1) is 9.24. The lowest BCUT2D eigenvalue weighted by atomic mass is 9.93.